The Morgan fingerprint density at radius 2 is 1.84 bits per heavy atom. The van der Waals surface area contributed by atoms with E-state index in [-0.39, 0.29) is 12.5 Å². The first-order valence-electron chi connectivity index (χ1n) is 7.81. The lowest BCUT2D eigenvalue weighted by Crippen LogP contribution is -2.55. The summed E-state index contributed by atoms with van der Waals surface area (Å²) >= 11 is 11.9. The van der Waals surface area contributed by atoms with Gasteiger partial charge in [-0.15, -0.1) is 0 Å². The summed E-state index contributed by atoms with van der Waals surface area (Å²) < 4.78 is 26.9. The van der Waals surface area contributed by atoms with Crippen molar-refractivity contribution in [3.63, 3.8) is 0 Å². The third kappa shape index (κ3) is 3.78. The van der Waals surface area contributed by atoms with E-state index in [1.54, 1.807) is 30.0 Å². The summed E-state index contributed by atoms with van der Waals surface area (Å²) in [4.78, 5) is 16.2. The van der Waals surface area contributed by atoms with E-state index >= 15 is 0 Å². The van der Waals surface area contributed by atoms with Crippen LogP contribution in [0.1, 0.15) is 12.5 Å². The van der Waals surface area contributed by atoms with Crippen molar-refractivity contribution in [2.45, 2.75) is 19.5 Å². The Morgan fingerprint density at radius 3 is 2.52 bits per heavy atom. The first-order valence-corrected chi connectivity index (χ1v) is 8.57. The number of nitrogens with zero attached hydrogens (tertiary/aromatic N) is 2. The van der Waals surface area contributed by atoms with Gasteiger partial charge < -0.3 is 4.90 Å². The number of carbonyl (C=O) groups excluding carboxylic acids is 1. The second-order valence-corrected chi connectivity index (χ2v) is 6.78. The molecule has 25 heavy (non-hydrogen) atoms. The van der Waals surface area contributed by atoms with E-state index in [9.17, 15) is 13.6 Å². The molecule has 1 heterocycles. The lowest BCUT2D eigenvalue weighted by molar-refractivity contribution is -0.125. The van der Waals surface area contributed by atoms with Crippen molar-refractivity contribution in [2.75, 3.05) is 18.0 Å². The quantitative estimate of drug-likeness (QED) is 0.777. The van der Waals surface area contributed by atoms with Gasteiger partial charge in [-0.1, -0.05) is 29.3 Å². The van der Waals surface area contributed by atoms with Gasteiger partial charge in [0.1, 0.15) is 11.6 Å². The van der Waals surface area contributed by atoms with Crippen LogP contribution in [0.2, 0.25) is 10.0 Å². The number of benzene rings is 2. The van der Waals surface area contributed by atoms with Crippen LogP contribution in [0.3, 0.4) is 0 Å². The first kappa shape index (κ1) is 18.1. The third-order valence-electron chi connectivity index (χ3n) is 4.39. The van der Waals surface area contributed by atoms with E-state index in [4.69, 9.17) is 23.2 Å². The molecular formula is C18H16Cl2F2N2O. The highest BCUT2D eigenvalue weighted by atomic mass is 35.5. The number of hydrogen-bond acceptors (Lipinski definition) is 2. The monoisotopic (exact) mass is 384 g/mol. The summed E-state index contributed by atoms with van der Waals surface area (Å²) in [6.45, 7) is 3.02. The molecule has 1 atom stereocenters. The maximum Gasteiger partial charge on any atom is 0.244 e. The molecule has 0 bridgehead atoms. The molecule has 2 aromatic carbocycles. The molecule has 0 aromatic heterocycles. The lowest BCUT2D eigenvalue weighted by Gasteiger charge is -2.39. The minimum atomic E-state index is -0.616. The van der Waals surface area contributed by atoms with E-state index < -0.39 is 17.7 Å². The highest BCUT2D eigenvalue weighted by molar-refractivity contribution is 6.42. The Bertz CT molecular complexity index is 816. The van der Waals surface area contributed by atoms with Crippen LogP contribution in [0.5, 0.6) is 0 Å². The molecule has 0 aliphatic carbocycles. The number of piperazine rings is 1. The molecule has 1 aliphatic heterocycles. The third-order valence-corrected chi connectivity index (χ3v) is 5.12. The second-order valence-electron chi connectivity index (χ2n) is 5.97. The van der Waals surface area contributed by atoms with Gasteiger partial charge in [0.15, 0.2) is 0 Å². The van der Waals surface area contributed by atoms with Crippen molar-refractivity contribution in [3.8, 4) is 0 Å². The predicted molar refractivity (Wildman–Crippen MR) is 95.0 cm³/mol. The van der Waals surface area contributed by atoms with Gasteiger partial charge in [0.2, 0.25) is 5.91 Å². The van der Waals surface area contributed by atoms with E-state index in [0.717, 1.165) is 6.07 Å². The Kier molecular flexibility index (Phi) is 5.27. The fourth-order valence-corrected chi connectivity index (χ4v) is 3.20. The maximum absolute atomic E-state index is 13.9. The van der Waals surface area contributed by atoms with Crippen molar-refractivity contribution in [2.24, 2.45) is 0 Å². The highest BCUT2D eigenvalue weighted by Crippen LogP contribution is 2.29. The van der Waals surface area contributed by atoms with E-state index in [0.29, 0.717) is 34.4 Å². The smallest absolute Gasteiger partial charge is 0.244 e. The van der Waals surface area contributed by atoms with Crippen LogP contribution in [0.25, 0.3) is 0 Å². The molecule has 1 aliphatic rings. The number of amides is 1. The SMILES string of the molecule is C[C@@H]1C(=O)N(c2ccc(Cl)c(Cl)c2)CCN1Cc1ccc(F)cc1F. The van der Waals surface area contributed by atoms with Crippen molar-refractivity contribution < 1.29 is 13.6 Å². The van der Waals surface area contributed by atoms with Crippen LogP contribution in [-0.2, 0) is 11.3 Å². The summed E-state index contributed by atoms with van der Waals surface area (Å²) in [5, 5.41) is 0.812. The van der Waals surface area contributed by atoms with E-state index in [1.807, 2.05) is 4.90 Å². The number of carbonyl (C=O) groups is 1. The maximum atomic E-state index is 13.9. The average Bonchev–Trinajstić information content (AvgIpc) is 2.57. The Hall–Kier alpha value is -1.69. The molecule has 3 rings (SSSR count). The summed E-state index contributed by atoms with van der Waals surface area (Å²) in [5.74, 6) is -1.33. The van der Waals surface area contributed by atoms with Gasteiger partial charge in [-0.25, -0.2) is 8.78 Å². The normalized spacial score (nSPS) is 18.7. The molecule has 1 fully saturated rings. The van der Waals surface area contributed by atoms with E-state index in [2.05, 4.69) is 0 Å². The van der Waals surface area contributed by atoms with Gasteiger partial charge in [0.25, 0.3) is 0 Å². The Labute approximate surface area is 154 Å². The molecule has 0 radical (unpaired) electrons. The largest absolute Gasteiger partial charge is 0.310 e. The molecule has 132 valence electrons. The van der Waals surface area contributed by atoms with Crippen molar-refractivity contribution in [1.29, 1.82) is 0 Å². The summed E-state index contributed by atoms with van der Waals surface area (Å²) in [5.41, 5.74) is 1.04. The van der Waals surface area contributed by atoms with Crippen LogP contribution in [0.4, 0.5) is 14.5 Å². The zero-order valence-corrected chi connectivity index (χ0v) is 15.0. The topological polar surface area (TPSA) is 23.6 Å². The standard InChI is InChI=1S/C18H16Cl2F2N2O/c1-11-18(25)24(14-4-5-15(19)16(20)9-14)7-6-23(11)10-12-2-3-13(21)8-17(12)22/h2-5,8-9,11H,6-7,10H2,1H3/t11-/m1/s1. The van der Waals surface area contributed by atoms with Crippen molar-refractivity contribution in [3.05, 3.63) is 63.6 Å². The predicted octanol–water partition coefficient (Wildman–Crippen LogP) is 4.51. The fraction of sp³-hybridized carbons (Fsp3) is 0.278. The Morgan fingerprint density at radius 1 is 1.08 bits per heavy atom. The minimum Gasteiger partial charge on any atom is -0.310 e. The fourth-order valence-electron chi connectivity index (χ4n) is 2.91. The van der Waals surface area contributed by atoms with Gasteiger partial charge in [-0.3, -0.25) is 9.69 Å². The summed E-state index contributed by atoms with van der Waals surface area (Å²) in [6, 6.07) is 8.10. The molecule has 0 spiro atoms. The van der Waals surface area contributed by atoms with Crippen molar-refractivity contribution >= 4 is 34.8 Å². The molecule has 0 saturated carbocycles. The van der Waals surface area contributed by atoms with Crippen LogP contribution in [0, 0.1) is 11.6 Å². The van der Waals surface area contributed by atoms with Gasteiger partial charge in [0.05, 0.1) is 16.1 Å². The Balaban J connectivity index is 1.75. The molecule has 0 unspecified atom stereocenters. The van der Waals surface area contributed by atoms with Crippen LogP contribution in [-0.4, -0.2) is 29.9 Å². The van der Waals surface area contributed by atoms with Gasteiger partial charge in [0, 0.05) is 37.0 Å². The van der Waals surface area contributed by atoms with Crippen LogP contribution >= 0.6 is 23.2 Å². The second kappa shape index (κ2) is 7.28. The number of anilines is 1. The van der Waals surface area contributed by atoms with Crippen molar-refractivity contribution in [1.82, 2.24) is 4.90 Å². The molecule has 1 amide bonds. The highest BCUT2D eigenvalue weighted by Gasteiger charge is 2.32. The van der Waals surface area contributed by atoms with E-state index in [1.165, 1.54) is 12.1 Å². The van der Waals surface area contributed by atoms with Gasteiger partial charge in [-0.05, 0) is 31.2 Å². The molecule has 7 heteroatoms. The molecule has 0 N–H and O–H groups in total. The molecule has 1 saturated heterocycles. The molecule has 3 nitrogen and oxygen atoms in total. The van der Waals surface area contributed by atoms with Gasteiger partial charge in [-0.2, -0.15) is 0 Å². The van der Waals surface area contributed by atoms with Crippen LogP contribution < -0.4 is 4.90 Å². The summed E-state index contributed by atoms with van der Waals surface area (Å²) in [6.07, 6.45) is 0. The number of rotatable bonds is 3. The number of halogens is 4. The van der Waals surface area contributed by atoms with Gasteiger partial charge >= 0.3 is 0 Å². The zero-order valence-electron chi connectivity index (χ0n) is 13.5. The first-order chi connectivity index (χ1) is 11.9. The lowest BCUT2D eigenvalue weighted by atomic mass is 10.1. The minimum absolute atomic E-state index is 0.104. The summed E-state index contributed by atoms with van der Waals surface area (Å²) in [7, 11) is 0. The molecular weight excluding hydrogens is 369 g/mol. The zero-order chi connectivity index (χ0) is 18.1. The number of hydrogen-bond donors (Lipinski definition) is 0. The van der Waals surface area contributed by atoms with Crippen LogP contribution in [0.15, 0.2) is 36.4 Å². The average molecular weight is 385 g/mol. The molecule has 2 aromatic rings.